The molecule has 0 radical (unpaired) electrons. The van der Waals surface area contributed by atoms with Crippen molar-refractivity contribution in [3.8, 4) is 5.88 Å². The van der Waals surface area contributed by atoms with Crippen molar-refractivity contribution < 1.29 is 4.74 Å². The summed E-state index contributed by atoms with van der Waals surface area (Å²) in [5.41, 5.74) is 1.10. The van der Waals surface area contributed by atoms with Crippen molar-refractivity contribution in [2.24, 2.45) is 10.9 Å². The molecule has 0 aromatic carbocycles. The highest BCUT2D eigenvalue weighted by atomic mass is 32.1. The maximum absolute atomic E-state index is 5.50. The van der Waals surface area contributed by atoms with Crippen LogP contribution in [0.25, 0.3) is 0 Å². The van der Waals surface area contributed by atoms with E-state index < -0.39 is 0 Å². The smallest absolute Gasteiger partial charge is 0.213 e. The van der Waals surface area contributed by atoms with Crippen LogP contribution in [0.3, 0.4) is 0 Å². The number of guanidine groups is 1. The predicted molar refractivity (Wildman–Crippen MR) is 105 cm³/mol. The Hall–Kier alpha value is -2.08. The average Bonchev–Trinajstić information content (AvgIpc) is 3.14. The summed E-state index contributed by atoms with van der Waals surface area (Å²) >= 11 is 1.81. The summed E-state index contributed by atoms with van der Waals surface area (Å²) in [7, 11) is 1.79. The molecule has 0 amide bonds. The molecule has 0 aliphatic heterocycles. The minimum absolute atomic E-state index is 0.550. The zero-order valence-corrected chi connectivity index (χ0v) is 16.1. The van der Waals surface area contributed by atoms with E-state index in [9.17, 15) is 0 Å². The first-order valence-electron chi connectivity index (χ1n) is 8.76. The first-order chi connectivity index (χ1) is 12.2. The first-order valence-corrected chi connectivity index (χ1v) is 9.63. The number of aromatic nitrogens is 1. The van der Waals surface area contributed by atoms with Crippen LogP contribution in [0.15, 0.2) is 40.8 Å². The molecule has 0 bridgehead atoms. The van der Waals surface area contributed by atoms with Crippen molar-refractivity contribution in [3.63, 3.8) is 0 Å². The van der Waals surface area contributed by atoms with Crippen LogP contribution < -0.4 is 15.4 Å². The van der Waals surface area contributed by atoms with Gasteiger partial charge in [-0.1, -0.05) is 26.0 Å². The molecule has 25 heavy (non-hydrogen) atoms. The van der Waals surface area contributed by atoms with Crippen LogP contribution in [-0.4, -0.2) is 31.1 Å². The van der Waals surface area contributed by atoms with E-state index in [1.165, 1.54) is 4.88 Å². The number of ether oxygens (including phenoxy) is 1. The summed E-state index contributed by atoms with van der Waals surface area (Å²) in [6.45, 7) is 6.60. The minimum Gasteiger partial charge on any atom is -0.478 e. The van der Waals surface area contributed by atoms with E-state index in [-0.39, 0.29) is 0 Å². The van der Waals surface area contributed by atoms with E-state index in [1.54, 1.807) is 7.05 Å². The van der Waals surface area contributed by atoms with Crippen molar-refractivity contribution in [2.45, 2.75) is 33.2 Å². The van der Waals surface area contributed by atoms with Gasteiger partial charge in [-0.2, -0.15) is 0 Å². The Balaban J connectivity index is 1.72. The van der Waals surface area contributed by atoms with E-state index in [1.807, 2.05) is 29.7 Å². The molecule has 6 heteroatoms. The van der Waals surface area contributed by atoms with Crippen LogP contribution in [0.2, 0.25) is 0 Å². The van der Waals surface area contributed by atoms with Gasteiger partial charge in [0.1, 0.15) is 0 Å². The van der Waals surface area contributed by atoms with Crippen molar-refractivity contribution >= 4 is 17.3 Å². The van der Waals surface area contributed by atoms with E-state index in [0.717, 1.165) is 30.9 Å². The summed E-state index contributed by atoms with van der Waals surface area (Å²) in [6.07, 6.45) is 3.91. The molecule has 0 aliphatic carbocycles. The normalized spacial score (nSPS) is 12.7. The zero-order chi connectivity index (χ0) is 17.9. The molecule has 2 aromatic heterocycles. The molecule has 0 fully saturated rings. The fraction of sp³-hybridized carbons (Fsp3) is 0.474. The second-order valence-electron chi connectivity index (χ2n) is 6.05. The maximum atomic E-state index is 5.50. The zero-order valence-electron chi connectivity index (χ0n) is 15.3. The molecule has 2 N–H and O–H groups in total. The van der Waals surface area contributed by atoms with Crippen LogP contribution in [-0.2, 0) is 13.0 Å². The molecule has 0 aliphatic rings. The van der Waals surface area contributed by atoms with Gasteiger partial charge < -0.3 is 15.4 Å². The monoisotopic (exact) mass is 360 g/mol. The quantitative estimate of drug-likeness (QED) is 0.531. The summed E-state index contributed by atoms with van der Waals surface area (Å²) in [4.78, 5) is 10.0. The lowest BCUT2D eigenvalue weighted by molar-refractivity contribution is 0.305. The molecule has 136 valence electrons. The lowest BCUT2D eigenvalue weighted by atomic mass is 10.1. The molecule has 5 nitrogen and oxygen atoms in total. The molecule has 0 saturated heterocycles. The van der Waals surface area contributed by atoms with Gasteiger partial charge in [0.15, 0.2) is 5.96 Å². The molecule has 1 unspecified atom stereocenters. The van der Waals surface area contributed by atoms with E-state index >= 15 is 0 Å². The Morgan fingerprint density at radius 1 is 1.32 bits per heavy atom. The highest BCUT2D eigenvalue weighted by Crippen LogP contribution is 2.13. The van der Waals surface area contributed by atoms with Crippen molar-refractivity contribution in [2.75, 3.05) is 20.2 Å². The van der Waals surface area contributed by atoms with Crippen LogP contribution in [0.1, 0.15) is 30.7 Å². The fourth-order valence-corrected chi connectivity index (χ4v) is 3.20. The Bertz CT molecular complexity index is 625. The number of pyridine rings is 1. The van der Waals surface area contributed by atoms with E-state index in [4.69, 9.17) is 4.74 Å². The third-order valence-electron chi connectivity index (χ3n) is 3.68. The summed E-state index contributed by atoms with van der Waals surface area (Å²) in [5.74, 6) is 2.04. The van der Waals surface area contributed by atoms with Gasteiger partial charge in [0.25, 0.3) is 0 Å². The van der Waals surface area contributed by atoms with Gasteiger partial charge in [0.05, 0.1) is 6.61 Å². The first kappa shape index (κ1) is 19.2. The van der Waals surface area contributed by atoms with E-state index in [2.05, 4.69) is 52.0 Å². The van der Waals surface area contributed by atoms with Gasteiger partial charge in [0, 0.05) is 37.3 Å². The predicted octanol–water partition coefficient (Wildman–Crippen LogP) is 3.48. The number of nitrogens with zero attached hydrogens (tertiary/aromatic N) is 2. The highest BCUT2D eigenvalue weighted by molar-refractivity contribution is 7.09. The largest absolute Gasteiger partial charge is 0.478 e. The summed E-state index contributed by atoms with van der Waals surface area (Å²) in [5, 5.41) is 8.84. The standard InChI is InChI=1S/C19H28N4OS/c1-4-9-24-18-8-7-16(13-21-18)14-23-19(20-3)22-12-15(2)11-17-6-5-10-25-17/h5-8,10,13,15H,4,9,11-12,14H2,1-3H3,(H2,20,22,23). The molecular weight excluding hydrogens is 332 g/mol. The number of thiophene rings is 1. The highest BCUT2D eigenvalue weighted by Gasteiger charge is 2.06. The fourth-order valence-electron chi connectivity index (χ4n) is 2.33. The van der Waals surface area contributed by atoms with Crippen molar-refractivity contribution in [1.82, 2.24) is 15.6 Å². The number of aliphatic imine (C=N–C) groups is 1. The number of hydrogen-bond donors (Lipinski definition) is 2. The van der Waals surface area contributed by atoms with Crippen molar-refractivity contribution in [3.05, 3.63) is 46.3 Å². The molecule has 1 atom stereocenters. The maximum Gasteiger partial charge on any atom is 0.213 e. The van der Waals surface area contributed by atoms with Crippen LogP contribution in [0.4, 0.5) is 0 Å². The lowest BCUT2D eigenvalue weighted by Gasteiger charge is -2.15. The third kappa shape index (κ3) is 7.13. The molecule has 0 spiro atoms. The van der Waals surface area contributed by atoms with E-state index in [0.29, 0.717) is 24.9 Å². The van der Waals surface area contributed by atoms with Crippen molar-refractivity contribution in [1.29, 1.82) is 0 Å². The topological polar surface area (TPSA) is 58.5 Å². The second kappa shape index (κ2) is 10.7. The summed E-state index contributed by atoms with van der Waals surface area (Å²) < 4.78 is 5.50. The third-order valence-corrected chi connectivity index (χ3v) is 4.58. The molecular formula is C19H28N4OS. The van der Waals surface area contributed by atoms with Gasteiger partial charge in [-0.15, -0.1) is 11.3 Å². The van der Waals surface area contributed by atoms with Gasteiger partial charge in [0.2, 0.25) is 5.88 Å². The number of rotatable bonds is 9. The molecule has 0 saturated carbocycles. The van der Waals surface area contributed by atoms with Crippen LogP contribution in [0.5, 0.6) is 5.88 Å². The SMILES string of the molecule is CCCOc1ccc(CNC(=NC)NCC(C)Cc2cccs2)cn1. The van der Waals surface area contributed by atoms with Crippen LogP contribution in [0, 0.1) is 5.92 Å². The Morgan fingerprint density at radius 3 is 2.84 bits per heavy atom. The Kier molecular flexibility index (Phi) is 8.25. The summed E-state index contributed by atoms with van der Waals surface area (Å²) in [6, 6.07) is 8.23. The number of hydrogen-bond acceptors (Lipinski definition) is 4. The number of nitrogens with one attached hydrogen (secondary N) is 2. The van der Waals surface area contributed by atoms with Gasteiger partial charge in [-0.05, 0) is 35.8 Å². The van der Waals surface area contributed by atoms with Gasteiger partial charge >= 0.3 is 0 Å². The van der Waals surface area contributed by atoms with Gasteiger partial charge in [-0.25, -0.2) is 4.98 Å². The second-order valence-corrected chi connectivity index (χ2v) is 7.08. The molecule has 2 aromatic rings. The minimum atomic E-state index is 0.550. The average molecular weight is 361 g/mol. The molecule has 2 heterocycles. The van der Waals surface area contributed by atoms with Gasteiger partial charge in [-0.3, -0.25) is 4.99 Å². The Labute approximate surface area is 154 Å². The van der Waals surface area contributed by atoms with Crippen LogP contribution >= 0.6 is 11.3 Å². The Morgan fingerprint density at radius 2 is 2.20 bits per heavy atom. The lowest BCUT2D eigenvalue weighted by Crippen LogP contribution is -2.39. The molecule has 2 rings (SSSR count).